The predicted octanol–water partition coefficient (Wildman–Crippen LogP) is 0.787. The number of morpholine rings is 1. The van der Waals surface area contributed by atoms with Crippen LogP contribution in [0.2, 0.25) is 0 Å². The molecule has 6 heteroatoms. The van der Waals surface area contributed by atoms with Crippen LogP contribution in [0.4, 0.5) is 0 Å². The van der Waals surface area contributed by atoms with Crippen molar-refractivity contribution in [3.8, 4) is 0 Å². The van der Waals surface area contributed by atoms with Gasteiger partial charge in [-0.25, -0.2) is 0 Å². The van der Waals surface area contributed by atoms with E-state index in [1.165, 1.54) is 6.07 Å². The summed E-state index contributed by atoms with van der Waals surface area (Å²) in [6.45, 7) is 1.43. The van der Waals surface area contributed by atoms with Crippen molar-refractivity contribution in [2.45, 2.75) is 31.4 Å². The van der Waals surface area contributed by atoms with Crippen molar-refractivity contribution in [2.75, 3.05) is 19.8 Å². The molecule has 2 aliphatic rings. The fourth-order valence-electron chi connectivity index (χ4n) is 3.62. The Labute approximate surface area is 135 Å². The van der Waals surface area contributed by atoms with E-state index in [9.17, 15) is 14.7 Å². The van der Waals surface area contributed by atoms with Crippen LogP contribution in [0, 0.1) is 5.92 Å². The summed E-state index contributed by atoms with van der Waals surface area (Å²) in [6.07, 6.45) is 2.27. The van der Waals surface area contributed by atoms with Crippen molar-refractivity contribution in [1.82, 2.24) is 4.90 Å². The first-order valence-electron chi connectivity index (χ1n) is 8.04. The Kier molecular flexibility index (Phi) is 4.63. The first kappa shape index (κ1) is 16.0. The summed E-state index contributed by atoms with van der Waals surface area (Å²) >= 11 is 0. The molecule has 1 heterocycles. The Bertz CT molecular complexity index is 604. The summed E-state index contributed by atoms with van der Waals surface area (Å²) in [4.78, 5) is 26.0. The molecule has 0 radical (unpaired) electrons. The minimum atomic E-state index is -0.551. The van der Waals surface area contributed by atoms with Crippen LogP contribution in [0.25, 0.3) is 0 Å². The Morgan fingerprint density at radius 3 is 2.74 bits per heavy atom. The van der Waals surface area contributed by atoms with Gasteiger partial charge in [-0.2, -0.15) is 0 Å². The molecule has 1 aliphatic heterocycles. The van der Waals surface area contributed by atoms with Crippen LogP contribution in [-0.2, 0) is 4.74 Å². The summed E-state index contributed by atoms with van der Waals surface area (Å²) in [7, 11) is 0. The van der Waals surface area contributed by atoms with E-state index in [4.69, 9.17) is 10.5 Å². The summed E-state index contributed by atoms with van der Waals surface area (Å²) in [6, 6.07) is 6.35. The quantitative estimate of drug-likeness (QED) is 0.861. The molecule has 3 N–H and O–H groups in total. The number of hydrogen-bond donors (Lipinski definition) is 2. The highest BCUT2D eigenvalue weighted by Gasteiger charge is 2.39. The first-order chi connectivity index (χ1) is 11.1. The molecule has 0 unspecified atom stereocenters. The Morgan fingerprint density at radius 1 is 1.26 bits per heavy atom. The molecule has 3 rings (SSSR count). The second kappa shape index (κ2) is 6.68. The number of aliphatic hydroxyl groups is 1. The highest BCUT2D eigenvalue weighted by molar-refractivity contribution is 5.99. The number of amides is 2. The molecule has 1 saturated heterocycles. The maximum Gasteiger partial charge on any atom is 0.254 e. The van der Waals surface area contributed by atoms with Gasteiger partial charge in [0.25, 0.3) is 5.91 Å². The van der Waals surface area contributed by atoms with Gasteiger partial charge in [0.05, 0.1) is 25.4 Å². The van der Waals surface area contributed by atoms with Crippen molar-refractivity contribution >= 4 is 11.8 Å². The van der Waals surface area contributed by atoms with Crippen LogP contribution < -0.4 is 5.73 Å². The van der Waals surface area contributed by atoms with Crippen molar-refractivity contribution in [2.24, 2.45) is 11.7 Å². The molecule has 1 aromatic rings. The first-order valence-corrected chi connectivity index (χ1v) is 8.04. The van der Waals surface area contributed by atoms with Crippen LogP contribution in [0.3, 0.4) is 0 Å². The molecule has 2 fully saturated rings. The van der Waals surface area contributed by atoms with Gasteiger partial charge in [-0.1, -0.05) is 12.5 Å². The number of primary amides is 1. The zero-order valence-corrected chi connectivity index (χ0v) is 13.0. The minimum Gasteiger partial charge on any atom is -0.393 e. The SMILES string of the molecule is NC(=O)c1cccc(C(=O)N2CCOC[C@@H]2[C@H]2CCC[C@H]2O)c1. The molecule has 3 atom stereocenters. The number of hydrogen-bond acceptors (Lipinski definition) is 4. The largest absolute Gasteiger partial charge is 0.393 e. The number of nitrogens with two attached hydrogens (primary N) is 1. The lowest BCUT2D eigenvalue weighted by Crippen LogP contribution is -2.53. The van der Waals surface area contributed by atoms with Crippen LogP contribution in [0.1, 0.15) is 40.0 Å². The molecule has 124 valence electrons. The number of benzene rings is 1. The summed E-state index contributed by atoms with van der Waals surface area (Å²) in [5, 5.41) is 10.2. The molecular formula is C17H22N2O4. The molecule has 1 saturated carbocycles. The monoisotopic (exact) mass is 318 g/mol. The van der Waals surface area contributed by atoms with Crippen LogP contribution in [0.5, 0.6) is 0 Å². The van der Waals surface area contributed by atoms with Gasteiger partial charge in [-0.3, -0.25) is 9.59 Å². The van der Waals surface area contributed by atoms with Gasteiger partial charge in [-0.05, 0) is 31.0 Å². The maximum atomic E-state index is 12.9. The molecule has 0 aromatic heterocycles. The van der Waals surface area contributed by atoms with E-state index in [0.29, 0.717) is 30.9 Å². The van der Waals surface area contributed by atoms with Gasteiger partial charge in [0.1, 0.15) is 0 Å². The van der Waals surface area contributed by atoms with Crippen LogP contribution >= 0.6 is 0 Å². The van der Waals surface area contributed by atoms with Gasteiger partial charge in [-0.15, -0.1) is 0 Å². The van der Waals surface area contributed by atoms with E-state index >= 15 is 0 Å². The molecule has 1 aromatic carbocycles. The van der Waals surface area contributed by atoms with E-state index in [2.05, 4.69) is 0 Å². The number of carbonyl (C=O) groups is 2. The second-order valence-electron chi connectivity index (χ2n) is 6.25. The Balaban J connectivity index is 1.84. The van der Waals surface area contributed by atoms with E-state index in [-0.39, 0.29) is 24.0 Å². The topological polar surface area (TPSA) is 92.9 Å². The summed E-state index contributed by atoms with van der Waals surface area (Å²) < 4.78 is 5.54. The molecule has 0 spiro atoms. The van der Waals surface area contributed by atoms with Gasteiger partial charge in [0.2, 0.25) is 5.91 Å². The normalized spacial score (nSPS) is 27.9. The van der Waals surface area contributed by atoms with Crippen molar-refractivity contribution in [3.05, 3.63) is 35.4 Å². The number of carbonyl (C=O) groups excluding carboxylic acids is 2. The fourth-order valence-corrected chi connectivity index (χ4v) is 3.62. The minimum absolute atomic E-state index is 0.0542. The molecule has 23 heavy (non-hydrogen) atoms. The maximum absolute atomic E-state index is 12.9. The summed E-state index contributed by atoms with van der Waals surface area (Å²) in [5.74, 6) is -0.636. The standard InChI is InChI=1S/C17H22N2O4/c18-16(21)11-3-1-4-12(9-11)17(22)19-7-8-23-10-14(19)13-5-2-6-15(13)20/h1,3-4,9,13-15,20H,2,5-8,10H2,(H2,18,21)/t13-,14-,15-/m1/s1. The van der Waals surface area contributed by atoms with Gasteiger partial charge >= 0.3 is 0 Å². The van der Waals surface area contributed by atoms with Crippen molar-refractivity contribution in [3.63, 3.8) is 0 Å². The van der Waals surface area contributed by atoms with Crippen molar-refractivity contribution < 1.29 is 19.4 Å². The lowest BCUT2D eigenvalue weighted by atomic mass is 9.93. The summed E-state index contributed by atoms with van der Waals surface area (Å²) in [5.41, 5.74) is 6.06. The zero-order chi connectivity index (χ0) is 16.4. The number of nitrogens with zero attached hydrogens (tertiary/aromatic N) is 1. The third-order valence-electron chi connectivity index (χ3n) is 4.85. The van der Waals surface area contributed by atoms with Crippen LogP contribution in [0.15, 0.2) is 24.3 Å². The van der Waals surface area contributed by atoms with Gasteiger partial charge in [0.15, 0.2) is 0 Å². The average molecular weight is 318 g/mol. The van der Waals surface area contributed by atoms with Gasteiger partial charge in [0, 0.05) is 23.6 Å². The Hall–Kier alpha value is -1.92. The smallest absolute Gasteiger partial charge is 0.254 e. The van der Waals surface area contributed by atoms with E-state index in [1.807, 2.05) is 0 Å². The predicted molar refractivity (Wildman–Crippen MR) is 84.0 cm³/mol. The highest BCUT2D eigenvalue weighted by Crippen LogP contribution is 2.32. The second-order valence-corrected chi connectivity index (χ2v) is 6.25. The molecule has 6 nitrogen and oxygen atoms in total. The fraction of sp³-hybridized carbons (Fsp3) is 0.529. The van der Waals surface area contributed by atoms with E-state index in [1.54, 1.807) is 23.1 Å². The number of aliphatic hydroxyl groups excluding tert-OH is 1. The molecule has 1 aliphatic carbocycles. The third-order valence-corrected chi connectivity index (χ3v) is 4.85. The molecule has 0 bridgehead atoms. The zero-order valence-electron chi connectivity index (χ0n) is 13.0. The highest BCUT2D eigenvalue weighted by atomic mass is 16.5. The lowest BCUT2D eigenvalue weighted by molar-refractivity contribution is -0.0383. The molecule has 2 amide bonds. The van der Waals surface area contributed by atoms with Crippen LogP contribution in [-0.4, -0.2) is 53.7 Å². The third kappa shape index (κ3) is 3.23. The Morgan fingerprint density at radius 2 is 2.04 bits per heavy atom. The van der Waals surface area contributed by atoms with Gasteiger partial charge < -0.3 is 20.5 Å². The lowest BCUT2D eigenvalue weighted by Gasteiger charge is -2.40. The van der Waals surface area contributed by atoms with E-state index < -0.39 is 5.91 Å². The number of rotatable bonds is 3. The molecular weight excluding hydrogens is 296 g/mol. The van der Waals surface area contributed by atoms with Crippen molar-refractivity contribution in [1.29, 1.82) is 0 Å². The average Bonchev–Trinajstić information content (AvgIpc) is 3.00. The van der Waals surface area contributed by atoms with E-state index in [0.717, 1.165) is 19.3 Å². The number of ether oxygens (including phenoxy) is 1.